The number of benzene rings is 1. The molecule has 2 N–H and O–H groups in total. The molecule has 2 amide bonds. The average Bonchev–Trinajstić information content (AvgIpc) is 3.04. The molecule has 1 aromatic rings. The maximum absolute atomic E-state index is 13.0. The molecule has 2 atom stereocenters. The summed E-state index contributed by atoms with van der Waals surface area (Å²) in [6.45, 7) is 0.291. The zero-order chi connectivity index (χ0) is 17.5. The van der Waals surface area contributed by atoms with Gasteiger partial charge < -0.3 is 15.3 Å². The Morgan fingerprint density at radius 1 is 1.29 bits per heavy atom. The standard InChI is InChI=1S/C16H17F3N2O3/c17-16(18,19)11-5-1-2-6-12(11)20-14(24)21-8-10-4-3-7-15(10,9-21)13(22)23/h1-2,5-6,10H,3-4,7-9H2,(H,20,24)(H,22,23)/t10-,15+/m0/s1. The van der Waals surface area contributed by atoms with Crippen LogP contribution < -0.4 is 5.32 Å². The van der Waals surface area contributed by atoms with Gasteiger partial charge in [-0.25, -0.2) is 4.79 Å². The number of hydrogen-bond acceptors (Lipinski definition) is 2. The fourth-order valence-electron chi connectivity index (χ4n) is 3.83. The molecule has 0 radical (unpaired) electrons. The molecule has 0 aromatic heterocycles. The minimum absolute atomic E-state index is 0.0347. The molecule has 0 bridgehead atoms. The Morgan fingerprint density at radius 2 is 2.00 bits per heavy atom. The van der Waals surface area contributed by atoms with E-state index >= 15 is 0 Å². The highest BCUT2D eigenvalue weighted by Crippen LogP contribution is 2.49. The Balaban J connectivity index is 1.77. The first-order valence-electron chi connectivity index (χ1n) is 7.69. The van der Waals surface area contributed by atoms with E-state index < -0.39 is 29.2 Å². The van der Waals surface area contributed by atoms with E-state index in [2.05, 4.69) is 5.32 Å². The minimum atomic E-state index is -4.58. The van der Waals surface area contributed by atoms with Crippen molar-refractivity contribution in [1.29, 1.82) is 0 Å². The highest BCUT2D eigenvalue weighted by Gasteiger charge is 2.55. The molecule has 1 aromatic carbocycles. The lowest BCUT2D eigenvalue weighted by Crippen LogP contribution is -2.39. The van der Waals surface area contributed by atoms with Crippen molar-refractivity contribution in [3.63, 3.8) is 0 Å². The van der Waals surface area contributed by atoms with Gasteiger partial charge in [-0.3, -0.25) is 4.79 Å². The third-order valence-corrected chi connectivity index (χ3v) is 5.06. The molecule has 0 unspecified atom stereocenters. The Hall–Kier alpha value is -2.25. The normalized spacial score (nSPS) is 26.3. The van der Waals surface area contributed by atoms with E-state index in [0.29, 0.717) is 6.42 Å². The predicted molar refractivity (Wildman–Crippen MR) is 79.4 cm³/mol. The minimum Gasteiger partial charge on any atom is -0.481 e. The number of para-hydroxylation sites is 1. The zero-order valence-corrected chi connectivity index (χ0v) is 12.8. The maximum Gasteiger partial charge on any atom is 0.418 e. The zero-order valence-electron chi connectivity index (χ0n) is 12.8. The number of carbonyl (C=O) groups is 2. The molecule has 2 aliphatic rings. The van der Waals surface area contributed by atoms with Crippen LogP contribution in [-0.4, -0.2) is 35.1 Å². The lowest BCUT2D eigenvalue weighted by molar-refractivity contribution is -0.149. The van der Waals surface area contributed by atoms with Crippen LogP contribution in [0.4, 0.5) is 23.7 Å². The van der Waals surface area contributed by atoms with Crippen molar-refractivity contribution in [3.05, 3.63) is 29.8 Å². The molecule has 5 nitrogen and oxygen atoms in total. The third-order valence-electron chi connectivity index (χ3n) is 5.06. The van der Waals surface area contributed by atoms with Crippen molar-refractivity contribution in [2.45, 2.75) is 25.4 Å². The quantitative estimate of drug-likeness (QED) is 0.865. The van der Waals surface area contributed by atoms with Crippen LogP contribution in [0.2, 0.25) is 0 Å². The first kappa shape index (κ1) is 16.6. The van der Waals surface area contributed by atoms with Crippen LogP contribution in [0.1, 0.15) is 24.8 Å². The molecule has 130 valence electrons. The number of fused-ring (bicyclic) bond motifs is 1. The van der Waals surface area contributed by atoms with Crippen LogP contribution in [-0.2, 0) is 11.0 Å². The number of hydrogen-bond donors (Lipinski definition) is 2. The van der Waals surface area contributed by atoms with Gasteiger partial charge in [0.1, 0.15) is 0 Å². The predicted octanol–water partition coefficient (Wildman–Crippen LogP) is 3.42. The van der Waals surface area contributed by atoms with Crippen molar-refractivity contribution >= 4 is 17.7 Å². The number of halogens is 3. The van der Waals surface area contributed by atoms with Gasteiger partial charge in [0.25, 0.3) is 0 Å². The van der Waals surface area contributed by atoms with E-state index in [1.807, 2.05) is 0 Å². The van der Waals surface area contributed by atoms with Gasteiger partial charge in [0.2, 0.25) is 0 Å². The largest absolute Gasteiger partial charge is 0.481 e. The van der Waals surface area contributed by atoms with Crippen LogP contribution in [0.15, 0.2) is 24.3 Å². The third kappa shape index (κ3) is 2.70. The van der Waals surface area contributed by atoms with Gasteiger partial charge in [0, 0.05) is 13.1 Å². The summed E-state index contributed by atoms with van der Waals surface area (Å²) in [5.74, 6) is -1.07. The Labute approximate surface area is 136 Å². The van der Waals surface area contributed by atoms with Crippen molar-refractivity contribution in [2.24, 2.45) is 11.3 Å². The van der Waals surface area contributed by atoms with Crippen molar-refractivity contribution < 1.29 is 27.9 Å². The fraction of sp³-hybridized carbons (Fsp3) is 0.500. The highest BCUT2D eigenvalue weighted by atomic mass is 19.4. The summed E-state index contributed by atoms with van der Waals surface area (Å²) in [6.07, 6.45) is -2.57. The fourth-order valence-corrected chi connectivity index (χ4v) is 3.83. The number of aliphatic carboxylic acids is 1. The number of urea groups is 1. The first-order valence-corrected chi connectivity index (χ1v) is 7.69. The van der Waals surface area contributed by atoms with Gasteiger partial charge in [-0.1, -0.05) is 18.6 Å². The number of carboxylic acids is 1. The molecule has 3 rings (SSSR count). The van der Waals surface area contributed by atoms with Crippen LogP contribution >= 0.6 is 0 Å². The van der Waals surface area contributed by atoms with Gasteiger partial charge >= 0.3 is 18.2 Å². The summed E-state index contributed by atoms with van der Waals surface area (Å²) in [4.78, 5) is 25.3. The number of carboxylic acid groups (broad SMARTS) is 1. The molecule has 24 heavy (non-hydrogen) atoms. The number of likely N-dealkylation sites (tertiary alicyclic amines) is 1. The number of carbonyl (C=O) groups excluding carboxylic acids is 1. The summed E-state index contributed by atoms with van der Waals surface area (Å²) in [6, 6.07) is 4.04. The van der Waals surface area contributed by atoms with Crippen LogP contribution in [0.25, 0.3) is 0 Å². The molecular weight excluding hydrogens is 325 g/mol. The molecule has 8 heteroatoms. The smallest absolute Gasteiger partial charge is 0.418 e. The number of nitrogens with one attached hydrogen (secondary N) is 1. The van der Waals surface area contributed by atoms with Crippen LogP contribution in [0, 0.1) is 11.3 Å². The SMILES string of the molecule is O=C(Nc1ccccc1C(F)(F)F)N1C[C@@H]2CCC[C@@]2(C(=O)O)C1. The van der Waals surface area contributed by atoms with Crippen molar-refractivity contribution in [1.82, 2.24) is 4.90 Å². The second-order valence-electron chi connectivity index (χ2n) is 6.40. The Bertz CT molecular complexity index is 677. The number of nitrogens with zero attached hydrogens (tertiary/aromatic N) is 1. The van der Waals surface area contributed by atoms with E-state index in [4.69, 9.17) is 0 Å². The van der Waals surface area contributed by atoms with Gasteiger partial charge in [-0.05, 0) is 30.9 Å². The van der Waals surface area contributed by atoms with Crippen molar-refractivity contribution in [3.8, 4) is 0 Å². The molecule has 1 saturated carbocycles. The number of amides is 2. The first-order chi connectivity index (χ1) is 11.2. The van der Waals surface area contributed by atoms with Crippen LogP contribution in [0.3, 0.4) is 0 Å². The lowest BCUT2D eigenvalue weighted by atomic mass is 9.81. The molecule has 1 saturated heterocycles. The maximum atomic E-state index is 13.0. The number of anilines is 1. The summed E-state index contributed by atoms with van der Waals surface area (Å²) in [5, 5.41) is 11.8. The second-order valence-corrected chi connectivity index (χ2v) is 6.40. The lowest BCUT2D eigenvalue weighted by Gasteiger charge is -2.23. The van der Waals surface area contributed by atoms with Gasteiger partial charge in [0.15, 0.2) is 0 Å². The molecular formula is C16H17F3N2O3. The van der Waals surface area contributed by atoms with E-state index in [1.54, 1.807) is 0 Å². The summed E-state index contributed by atoms with van der Waals surface area (Å²) >= 11 is 0. The Kier molecular flexibility index (Phi) is 3.93. The molecule has 1 aliphatic heterocycles. The average molecular weight is 342 g/mol. The second kappa shape index (κ2) is 5.68. The molecule has 2 fully saturated rings. The number of alkyl halides is 3. The summed E-state index contributed by atoms with van der Waals surface area (Å²) in [5.41, 5.74) is -2.21. The Morgan fingerprint density at radius 3 is 2.62 bits per heavy atom. The van der Waals surface area contributed by atoms with E-state index in [9.17, 15) is 27.9 Å². The van der Waals surface area contributed by atoms with E-state index in [-0.39, 0.29) is 24.7 Å². The summed E-state index contributed by atoms with van der Waals surface area (Å²) < 4.78 is 39.0. The monoisotopic (exact) mass is 342 g/mol. The molecule has 0 spiro atoms. The van der Waals surface area contributed by atoms with Gasteiger partial charge in [-0.15, -0.1) is 0 Å². The highest BCUT2D eigenvalue weighted by molar-refractivity contribution is 5.91. The van der Waals surface area contributed by atoms with Crippen LogP contribution in [0.5, 0.6) is 0 Å². The molecule has 1 heterocycles. The molecule has 1 aliphatic carbocycles. The van der Waals surface area contributed by atoms with E-state index in [0.717, 1.165) is 18.9 Å². The van der Waals surface area contributed by atoms with Gasteiger partial charge in [0.05, 0.1) is 16.7 Å². The van der Waals surface area contributed by atoms with Crippen molar-refractivity contribution in [2.75, 3.05) is 18.4 Å². The number of rotatable bonds is 2. The van der Waals surface area contributed by atoms with Gasteiger partial charge in [-0.2, -0.15) is 13.2 Å². The van der Waals surface area contributed by atoms with E-state index in [1.165, 1.54) is 23.1 Å². The summed E-state index contributed by atoms with van der Waals surface area (Å²) in [7, 11) is 0. The topological polar surface area (TPSA) is 69.6 Å².